The predicted molar refractivity (Wildman–Crippen MR) is 98.9 cm³/mol. The lowest BCUT2D eigenvalue weighted by atomic mass is 9.85. The molecule has 24 heavy (non-hydrogen) atoms. The van der Waals surface area contributed by atoms with Gasteiger partial charge in [-0.3, -0.25) is 4.79 Å². The van der Waals surface area contributed by atoms with Crippen LogP contribution in [0.15, 0.2) is 29.6 Å². The van der Waals surface area contributed by atoms with E-state index in [4.69, 9.17) is 5.73 Å². The Morgan fingerprint density at radius 2 is 2.12 bits per heavy atom. The number of carbonyl (C=O) groups is 1. The number of nitrogens with one attached hydrogen (secondary N) is 1. The van der Waals surface area contributed by atoms with Gasteiger partial charge in [-0.25, -0.2) is 4.98 Å². The van der Waals surface area contributed by atoms with E-state index in [0.717, 1.165) is 48.4 Å². The minimum Gasteiger partial charge on any atom is -0.356 e. The van der Waals surface area contributed by atoms with E-state index >= 15 is 0 Å². The summed E-state index contributed by atoms with van der Waals surface area (Å²) in [6.07, 6.45) is 4.77. The summed E-state index contributed by atoms with van der Waals surface area (Å²) in [7, 11) is 0. The van der Waals surface area contributed by atoms with Crippen LogP contribution in [-0.2, 0) is 11.2 Å². The maximum atomic E-state index is 12.2. The summed E-state index contributed by atoms with van der Waals surface area (Å²) in [5, 5.41) is 6.23. The molecule has 1 heterocycles. The molecule has 0 aliphatic heterocycles. The molecule has 5 heteroatoms. The molecule has 2 unspecified atom stereocenters. The standard InChI is InChI=1S/C19H25N3OS/c1-13-22-18(12-24-13)15-7-5-14(6-8-15)9-10-21-19(23)16-3-2-4-17(20)11-16/h5-8,12,16-17H,2-4,9-11,20H2,1H3,(H,21,23). The third kappa shape index (κ3) is 4.42. The molecule has 1 aliphatic carbocycles. The number of aromatic nitrogens is 1. The Balaban J connectivity index is 1.47. The fourth-order valence-corrected chi connectivity index (χ4v) is 3.90. The van der Waals surface area contributed by atoms with Crippen LogP contribution in [0.2, 0.25) is 0 Å². The molecule has 0 radical (unpaired) electrons. The van der Waals surface area contributed by atoms with Crippen LogP contribution >= 0.6 is 11.3 Å². The summed E-state index contributed by atoms with van der Waals surface area (Å²) in [6.45, 7) is 2.70. The molecular formula is C19H25N3OS. The zero-order chi connectivity index (χ0) is 16.9. The van der Waals surface area contributed by atoms with Crippen molar-refractivity contribution >= 4 is 17.2 Å². The van der Waals surface area contributed by atoms with Gasteiger partial charge in [0.05, 0.1) is 10.7 Å². The highest BCUT2D eigenvalue weighted by molar-refractivity contribution is 7.09. The van der Waals surface area contributed by atoms with Crippen LogP contribution in [0.25, 0.3) is 11.3 Å². The lowest BCUT2D eigenvalue weighted by Crippen LogP contribution is -2.38. The van der Waals surface area contributed by atoms with Gasteiger partial charge in [-0.2, -0.15) is 0 Å². The van der Waals surface area contributed by atoms with Crippen LogP contribution in [0, 0.1) is 12.8 Å². The lowest BCUT2D eigenvalue weighted by Gasteiger charge is -2.25. The Morgan fingerprint density at radius 1 is 1.33 bits per heavy atom. The molecule has 1 aromatic carbocycles. The van der Waals surface area contributed by atoms with E-state index < -0.39 is 0 Å². The van der Waals surface area contributed by atoms with Gasteiger partial charge in [-0.15, -0.1) is 11.3 Å². The van der Waals surface area contributed by atoms with Gasteiger partial charge < -0.3 is 11.1 Å². The molecule has 1 aliphatic rings. The number of carbonyl (C=O) groups excluding carboxylic acids is 1. The van der Waals surface area contributed by atoms with Gasteiger partial charge >= 0.3 is 0 Å². The van der Waals surface area contributed by atoms with E-state index in [9.17, 15) is 4.79 Å². The highest BCUT2D eigenvalue weighted by Gasteiger charge is 2.24. The summed E-state index contributed by atoms with van der Waals surface area (Å²) >= 11 is 1.67. The molecule has 1 saturated carbocycles. The van der Waals surface area contributed by atoms with Crippen molar-refractivity contribution in [3.05, 3.63) is 40.2 Å². The minimum absolute atomic E-state index is 0.101. The summed E-state index contributed by atoms with van der Waals surface area (Å²) in [4.78, 5) is 16.7. The van der Waals surface area contributed by atoms with E-state index in [1.54, 1.807) is 11.3 Å². The third-order valence-corrected chi connectivity index (χ3v) is 5.44. The van der Waals surface area contributed by atoms with Gasteiger partial charge in [0, 0.05) is 29.4 Å². The average Bonchev–Trinajstić information content (AvgIpc) is 3.02. The Kier molecular flexibility index (Phi) is 5.63. The molecule has 128 valence electrons. The molecule has 1 amide bonds. The first-order valence-electron chi connectivity index (χ1n) is 8.66. The summed E-state index contributed by atoms with van der Waals surface area (Å²) < 4.78 is 0. The first-order chi connectivity index (χ1) is 11.6. The van der Waals surface area contributed by atoms with Crippen molar-refractivity contribution in [2.24, 2.45) is 11.7 Å². The van der Waals surface area contributed by atoms with Crippen molar-refractivity contribution in [2.45, 2.75) is 45.1 Å². The molecule has 4 nitrogen and oxygen atoms in total. The topological polar surface area (TPSA) is 68.0 Å². The predicted octanol–water partition coefficient (Wildman–Crippen LogP) is 3.29. The lowest BCUT2D eigenvalue weighted by molar-refractivity contribution is -0.126. The molecule has 0 bridgehead atoms. The summed E-state index contributed by atoms with van der Waals surface area (Å²) in [6, 6.07) is 8.63. The summed E-state index contributed by atoms with van der Waals surface area (Å²) in [5.41, 5.74) is 9.37. The molecule has 0 spiro atoms. The van der Waals surface area contributed by atoms with E-state index in [1.807, 2.05) is 6.92 Å². The van der Waals surface area contributed by atoms with Crippen LogP contribution in [0.1, 0.15) is 36.3 Å². The maximum Gasteiger partial charge on any atom is 0.223 e. The van der Waals surface area contributed by atoms with Crippen molar-refractivity contribution in [2.75, 3.05) is 6.54 Å². The number of thiazole rings is 1. The second-order valence-corrected chi connectivity index (χ2v) is 7.68. The van der Waals surface area contributed by atoms with Crippen molar-refractivity contribution < 1.29 is 4.79 Å². The Labute approximate surface area is 147 Å². The van der Waals surface area contributed by atoms with E-state index in [-0.39, 0.29) is 17.9 Å². The molecule has 2 aromatic rings. The quantitative estimate of drug-likeness (QED) is 0.875. The number of hydrogen-bond donors (Lipinski definition) is 2. The van der Waals surface area contributed by atoms with Gasteiger partial charge in [0.25, 0.3) is 0 Å². The average molecular weight is 343 g/mol. The van der Waals surface area contributed by atoms with Crippen LogP contribution in [0.4, 0.5) is 0 Å². The molecule has 1 fully saturated rings. The van der Waals surface area contributed by atoms with Gasteiger partial charge in [-0.05, 0) is 38.2 Å². The number of rotatable bonds is 5. The van der Waals surface area contributed by atoms with Crippen molar-refractivity contribution in [3.8, 4) is 11.3 Å². The van der Waals surface area contributed by atoms with Gasteiger partial charge in [0.15, 0.2) is 0 Å². The SMILES string of the molecule is Cc1nc(-c2ccc(CCNC(=O)C3CCCC(N)C3)cc2)cs1. The first-order valence-corrected chi connectivity index (χ1v) is 9.54. The van der Waals surface area contributed by atoms with Gasteiger partial charge in [-0.1, -0.05) is 30.7 Å². The number of benzene rings is 1. The molecule has 3 N–H and O–H groups in total. The van der Waals surface area contributed by atoms with Crippen LogP contribution in [0.5, 0.6) is 0 Å². The Hall–Kier alpha value is -1.72. The molecule has 3 rings (SSSR count). The Morgan fingerprint density at radius 3 is 2.79 bits per heavy atom. The van der Waals surface area contributed by atoms with Crippen molar-refractivity contribution in [1.82, 2.24) is 10.3 Å². The number of nitrogens with zero attached hydrogens (tertiary/aromatic N) is 1. The molecular weight excluding hydrogens is 318 g/mol. The largest absolute Gasteiger partial charge is 0.356 e. The van der Waals surface area contributed by atoms with Crippen molar-refractivity contribution in [3.63, 3.8) is 0 Å². The number of hydrogen-bond acceptors (Lipinski definition) is 4. The van der Waals surface area contributed by atoms with Gasteiger partial charge in [0.1, 0.15) is 0 Å². The fourth-order valence-electron chi connectivity index (χ4n) is 3.28. The zero-order valence-corrected chi connectivity index (χ0v) is 14.9. The molecule has 1 aromatic heterocycles. The number of aryl methyl sites for hydroxylation is 1. The van der Waals surface area contributed by atoms with Crippen molar-refractivity contribution in [1.29, 1.82) is 0 Å². The van der Waals surface area contributed by atoms with Gasteiger partial charge in [0.2, 0.25) is 5.91 Å². The highest BCUT2D eigenvalue weighted by atomic mass is 32.1. The number of nitrogens with two attached hydrogens (primary N) is 1. The second kappa shape index (κ2) is 7.90. The fraction of sp³-hybridized carbons (Fsp3) is 0.474. The molecule has 2 atom stereocenters. The zero-order valence-electron chi connectivity index (χ0n) is 14.1. The summed E-state index contributed by atoms with van der Waals surface area (Å²) in [5.74, 6) is 0.267. The number of amides is 1. The maximum absolute atomic E-state index is 12.2. The van der Waals surface area contributed by atoms with Crippen LogP contribution < -0.4 is 11.1 Å². The Bertz CT molecular complexity index is 680. The smallest absolute Gasteiger partial charge is 0.223 e. The monoisotopic (exact) mass is 343 g/mol. The normalized spacial score (nSPS) is 20.8. The second-order valence-electron chi connectivity index (χ2n) is 6.61. The van der Waals surface area contributed by atoms with Crippen LogP contribution in [0.3, 0.4) is 0 Å². The van der Waals surface area contributed by atoms with E-state index in [1.165, 1.54) is 5.56 Å². The molecule has 0 saturated heterocycles. The highest BCUT2D eigenvalue weighted by Crippen LogP contribution is 2.23. The van der Waals surface area contributed by atoms with E-state index in [2.05, 4.69) is 39.9 Å². The van der Waals surface area contributed by atoms with E-state index in [0.29, 0.717) is 6.54 Å². The third-order valence-electron chi connectivity index (χ3n) is 4.67. The minimum atomic E-state index is 0.101. The first kappa shape index (κ1) is 17.1. The van der Waals surface area contributed by atoms with Crippen LogP contribution in [-0.4, -0.2) is 23.5 Å².